The second-order valence-electron chi connectivity index (χ2n) is 6.94. The van der Waals surface area contributed by atoms with E-state index in [2.05, 4.69) is 10.3 Å². The number of hydrogen-bond donors (Lipinski definition) is 2. The number of aryl methyl sites for hydroxylation is 1. The van der Waals surface area contributed by atoms with Gasteiger partial charge in [-0.2, -0.15) is 0 Å². The highest BCUT2D eigenvalue weighted by molar-refractivity contribution is 6.02. The summed E-state index contributed by atoms with van der Waals surface area (Å²) in [6.45, 7) is 9.27. The van der Waals surface area contributed by atoms with Crippen molar-refractivity contribution in [2.75, 3.05) is 26.2 Å². The Morgan fingerprint density at radius 2 is 1.78 bits per heavy atom. The van der Waals surface area contributed by atoms with Crippen molar-refractivity contribution in [3.63, 3.8) is 0 Å². The van der Waals surface area contributed by atoms with Crippen molar-refractivity contribution in [3.8, 4) is 0 Å². The van der Waals surface area contributed by atoms with E-state index in [-0.39, 0.29) is 11.7 Å². The number of fused-ring (bicyclic) bond motifs is 1. The molecule has 0 unspecified atom stereocenters. The van der Waals surface area contributed by atoms with Gasteiger partial charge < -0.3 is 15.2 Å². The molecule has 2 aliphatic rings. The number of aromatic amines is 1. The summed E-state index contributed by atoms with van der Waals surface area (Å²) in [5.74, 6) is 1.50. The van der Waals surface area contributed by atoms with Crippen molar-refractivity contribution in [2.24, 2.45) is 11.8 Å². The SMILES string of the molecule is CCc1c(C(=O)N2CC[C@@H]3CNC[C@@H]3CC2)[nH]c(C)c1C(C)=O. The molecule has 1 aromatic rings. The number of hydrogen-bond acceptors (Lipinski definition) is 3. The lowest BCUT2D eigenvalue weighted by atomic mass is 9.92. The fraction of sp³-hybridized carbons (Fsp3) is 0.667. The molecule has 0 saturated carbocycles. The van der Waals surface area contributed by atoms with Crippen molar-refractivity contribution < 1.29 is 9.59 Å². The molecule has 0 radical (unpaired) electrons. The van der Waals surface area contributed by atoms with Crippen LogP contribution in [0.4, 0.5) is 0 Å². The zero-order valence-electron chi connectivity index (χ0n) is 14.4. The number of amides is 1. The molecule has 2 N–H and O–H groups in total. The maximum Gasteiger partial charge on any atom is 0.270 e. The first-order chi connectivity index (χ1) is 11.0. The van der Waals surface area contributed by atoms with E-state index in [9.17, 15) is 9.59 Å². The van der Waals surface area contributed by atoms with Gasteiger partial charge in [-0.05, 0) is 63.6 Å². The van der Waals surface area contributed by atoms with Crippen molar-refractivity contribution in [1.29, 1.82) is 0 Å². The second kappa shape index (κ2) is 6.48. The molecule has 126 valence electrons. The minimum atomic E-state index is 0.0334. The normalized spacial score (nSPS) is 24.4. The topological polar surface area (TPSA) is 65.2 Å². The maximum atomic E-state index is 13.0. The number of ketones is 1. The third-order valence-corrected chi connectivity index (χ3v) is 5.52. The van der Waals surface area contributed by atoms with E-state index in [1.165, 1.54) is 0 Å². The van der Waals surface area contributed by atoms with Gasteiger partial charge in [0.25, 0.3) is 5.91 Å². The second-order valence-corrected chi connectivity index (χ2v) is 6.94. The average Bonchev–Trinajstić information content (AvgIpc) is 3.05. The van der Waals surface area contributed by atoms with Gasteiger partial charge >= 0.3 is 0 Å². The van der Waals surface area contributed by atoms with Gasteiger partial charge in [-0.1, -0.05) is 6.92 Å². The van der Waals surface area contributed by atoms with Crippen LogP contribution >= 0.6 is 0 Å². The predicted octanol–water partition coefficient (Wildman–Crippen LogP) is 2.16. The molecular weight excluding hydrogens is 290 g/mol. The van der Waals surface area contributed by atoms with Gasteiger partial charge in [0, 0.05) is 24.3 Å². The molecule has 5 heteroatoms. The molecule has 1 aromatic heterocycles. The summed E-state index contributed by atoms with van der Waals surface area (Å²) in [6, 6.07) is 0. The van der Waals surface area contributed by atoms with Gasteiger partial charge in [-0.25, -0.2) is 0 Å². The molecule has 0 aromatic carbocycles. The van der Waals surface area contributed by atoms with Crippen LogP contribution in [0.2, 0.25) is 0 Å². The Hall–Kier alpha value is -1.62. The number of H-pyrrole nitrogens is 1. The first kappa shape index (κ1) is 16.2. The Morgan fingerprint density at radius 1 is 1.17 bits per heavy atom. The van der Waals surface area contributed by atoms with E-state index in [1.54, 1.807) is 6.92 Å². The number of carbonyl (C=O) groups is 2. The number of aromatic nitrogens is 1. The third-order valence-electron chi connectivity index (χ3n) is 5.52. The lowest BCUT2D eigenvalue weighted by molar-refractivity contribution is 0.0752. The van der Waals surface area contributed by atoms with Gasteiger partial charge in [-0.15, -0.1) is 0 Å². The molecule has 3 heterocycles. The maximum absolute atomic E-state index is 13.0. The lowest BCUT2D eigenvalue weighted by Crippen LogP contribution is -2.33. The summed E-state index contributed by atoms with van der Waals surface area (Å²) in [5.41, 5.74) is 3.02. The highest BCUT2D eigenvalue weighted by Crippen LogP contribution is 2.28. The zero-order valence-corrected chi connectivity index (χ0v) is 14.4. The lowest BCUT2D eigenvalue weighted by Gasteiger charge is -2.21. The summed E-state index contributed by atoms with van der Waals surface area (Å²) in [5, 5.41) is 3.46. The molecule has 3 rings (SSSR count). The van der Waals surface area contributed by atoms with Crippen LogP contribution in [0.5, 0.6) is 0 Å². The van der Waals surface area contributed by atoms with Crippen LogP contribution in [0.25, 0.3) is 0 Å². The molecule has 0 bridgehead atoms. The first-order valence-electron chi connectivity index (χ1n) is 8.75. The van der Waals surface area contributed by atoms with Gasteiger partial charge in [-0.3, -0.25) is 9.59 Å². The average molecular weight is 317 g/mol. The van der Waals surface area contributed by atoms with Crippen LogP contribution in [0, 0.1) is 18.8 Å². The molecule has 0 aliphatic carbocycles. The molecule has 5 nitrogen and oxygen atoms in total. The van der Waals surface area contributed by atoms with E-state index < -0.39 is 0 Å². The van der Waals surface area contributed by atoms with Gasteiger partial charge in [0.1, 0.15) is 5.69 Å². The molecule has 2 atom stereocenters. The monoisotopic (exact) mass is 317 g/mol. The number of likely N-dealkylation sites (tertiary alicyclic amines) is 1. The zero-order chi connectivity index (χ0) is 16.6. The van der Waals surface area contributed by atoms with Crippen LogP contribution in [0.1, 0.15) is 58.8 Å². The van der Waals surface area contributed by atoms with Crippen LogP contribution in [-0.2, 0) is 6.42 Å². The molecule has 2 aliphatic heterocycles. The van der Waals surface area contributed by atoms with E-state index in [0.29, 0.717) is 29.5 Å². The van der Waals surface area contributed by atoms with Crippen LogP contribution in [0.15, 0.2) is 0 Å². The fourth-order valence-electron chi connectivity index (χ4n) is 4.27. The summed E-state index contributed by atoms with van der Waals surface area (Å²) >= 11 is 0. The summed E-state index contributed by atoms with van der Waals surface area (Å²) in [4.78, 5) is 30.1. The first-order valence-corrected chi connectivity index (χ1v) is 8.75. The molecule has 1 amide bonds. The van der Waals surface area contributed by atoms with Gasteiger partial charge in [0.2, 0.25) is 0 Å². The number of nitrogens with one attached hydrogen (secondary N) is 2. The number of Topliss-reactive ketones (excluding diaryl/α,β-unsaturated/α-hetero) is 1. The highest BCUT2D eigenvalue weighted by atomic mass is 16.2. The van der Waals surface area contributed by atoms with Crippen molar-refractivity contribution in [2.45, 2.75) is 40.0 Å². The van der Waals surface area contributed by atoms with Crippen LogP contribution in [-0.4, -0.2) is 47.8 Å². The Morgan fingerprint density at radius 3 is 2.30 bits per heavy atom. The fourth-order valence-corrected chi connectivity index (χ4v) is 4.27. The Labute approximate surface area is 137 Å². The minimum absolute atomic E-state index is 0.0334. The summed E-state index contributed by atoms with van der Waals surface area (Å²) < 4.78 is 0. The van der Waals surface area contributed by atoms with E-state index in [1.807, 2.05) is 18.7 Å². The van der Waals surface area contributed by atoms with Gasteiger partial charge in [0.05, 0.1) is 0 Å². The van der Waals surface area contributed by atoms with Crippen molar-refractivity contribution in [1.82, 2.24) is 15.2 Å². The number of rotatable bonds is 3. The van der Waals surface area contributed by atoms with Crippen LogP contribution in [0.3, 0.4) is 0 Å². The van der Waals surface area contributed by atoms with E-state index >= 15 is 0 Å². The number of carbonyl (C=O) groups excluding carboxylic acids is 2. The molecule has 0 spiro atoms. The van der Waals surface area contributed by atoms with E-state index in [0.717, 1.165) is 50.3 Å². The van der Waals surface area contributed by atoms with Crippen molar-refractivity contribution in [3.05, 3.63) is 22.5 Å². The Balaban J connectivity index is 1.83. The quantitative estimate of drug-likeness (QED) is 0.840. The Kier molecular flexibility index (Phi) is 4.57. The molecule has 23 heavy (non-hydrogen) atoms. The van der Waals surface area contributed by atoms with Gasteiger partial charge in [0.15, 0.2) is 5.78 Å². The molecule has 2 fully saturated rings. The minimum Gasteiger partial charge on any atom is -0.354 e. The number of nitrogens with zero attached hydrogens (tertiary/aromatic N) is 1. The van der Waals surface area contributed by atoms with Crippen LogP contribution < -0.4 is 5.32 Å². The standard InChI is InChI=1S/C18H27N3O2/c1-4-15-16(12(3)22)11(2)20-17(15)18(23)21-7-5-13-9-19-10-14(13)6-8-21/h13-14,19-20H,4-10H2,1-3H3/t13-,14+. The Bertz CT molecular complexity index is 606. The molecule has 2 saturated heterocycles. The highest BCUT2D eigenvalue weighted by Gasteiger charge is 2.33. The summed E-state index contributed by atoms with van der Waals surface area (Å²) in [6.07, 6.45) is 2.84. The largest absolute Gasteiger partial charge is 0.354 e. The molecular formula is C18H27N3O2. The predicted molar refractivity (Wildman–Crippen MR) is 89.9 cm³/mol. The van der Waals surface area contributed by atoms with Crippen molar-refractivity contribution >= 4 is 11.7 Å². The third kappa shape index (κ3) is 2.94. The van der Waals surface area contributed by atoms with E-state index in [4.69, 9.17) is 0 Å². The smallest absolute Gasteiger partial charge is 0.270 e. The summed E-state index contributed by atoms with van der Waals surface area (Å²) in [7, 11) is 0.